The van der Waals surface area contributed by atoms with Gasteiger partial charge in [0.25, 0.3) is 11.6 Å². The summed E-state index contributed by atoms with van der Waals surface area (Å²) in [7, 11) is 12.5. The molecule has 8 aromatic rings. The molecule has 6 heterocycles. The highest BCUT2D eigenvalue weighted by Gasteiger charge is 2.21. The lowest BCUT2D eigenvalue weighted by Gasteiger charge is -2.12. The molecule has 60 heavy (non-hydrogen) atoms. The molecule has 2 N–H and O–H groups in total. The second kappa shape index (κ2) is 17.2. The van der Waals surface area contributed by atoms with Crippen LogP contribution in [-0.4, -0.2) is 37.3 Å². The van der Waals surface area contributed by atoms with Crippen LogP contribution in [0.1, 0.15) is 56.4 Å². The summed E-state index contributed by atoms with van der Waals surface area (Å²) in [6.07, 6.45) is 12.8. The van der Waals surface area contributed by atoms with Gasteiger partial charge >= 0.3 is 0 Å². The van der Waals surface area contributed by atoms with Gasteiger partial charge in [-0.15, -0.1) is 0 Å². The number of benzene rings is 2. The minimum Gasteiger partial charge on any atom is -0.378 e. The van der Waals surface area contributed by atoms with Crippen molar-refractivity contribution in [1.82, 2.24) is 9.13 Å². The van der Waals surface area contributed by atoms with E-state index in [-0.39, 0.29) is 0 Å². The summed E-state index contributed by atoms with van der Waals surface area (Å²) in [5.74, 6) is 2.25. The first-order valence-electron chi connectivity index (χ1n) is 20.6. The second-order valence-electron chi connectivity index (χ2n) is 16.3. The zero-order valence-corrected chi connectivity index (χ0v) is 37.4. The number of nitrogens with zero attached hydrogens (tertiary/aromatic N) is 6. The van der Waals surface area contributed by atoms with Crippen LogP contribution in [0.25, 0.3) is 57.7 Å². The molecule has 0 aliphatic rings. The molecule has 0 spiro atoms. The topological polar surface area (TPSA) is 52.4 Å². The summed E-state index contributed by atoms with van der Waals surface area (Å²) in [4.78, 5) is 11.1. The van der Waals surface area contributed by atoms with Gasteiger partial charge in [-0.3, -0.25) is 0 Å². The zero-order chi connectivity index (χ0) is 42.8. The van der Waals surface area contributed by atoms with Crippen molar-refractivity contribution in [3.05, 3.63) is 166 Å². The van der Waals surface area contributed by atoms with Crippen molar-refractivity contribution in [2.75, 3.05) is 38.0 Å². The summed E-state index contributed by atoms with van der Waals surface area (Å²) < 4.78 is 9.08. The summed E-state index contributed by atoms with van der Waals surface area (Å²) in [6.45, 7) is 12.9. The van der Waals surface area contributed by atoms with E-state index in [0.29, 0.717) is 0 Å². The number of hydrogen-bond acceptors (Lipinski definition) is 2. The highest BCUT2D eigenvalue weighted by molar-refractivity contribution is 5.82. The van der Waals surface area contributed by atoms with E-state index in [0.717, 1.165) is 11.6 Å². The first-order chi connectivity index (χ1) is 28.7. The summed E-state index contributed by atoms with van der Waals surface area (Å²) >= 11 is 0. The van der Waals surface area contributed by atoms with Crippen molar-refractivity contribution in [3.8, 4) is 11.6 Å². The third kappa shape index (κ3) is 8.23. The highest BCUT2D eigenvalue weighted by Crippen LogP contribution is 2.25. The van der Waals surface area contributed by atoms with Gasteiger partial charge in [-0.25, -0.2) is 19.1 Å². The van der Waals surface area contributed by atoms with Gasteiger partial charge in [-0.05, 0) is 126 Å². The zero-order valence-electron chi connectivity index (χ0n) is 37.4. The SMILES string of the molecule is Cc1ccc[nH+]c1-n1c(C)cc(/C=C/c2ccc3cc(N(C)C)ccc3[n+]2C)c1C.Cc1ccc[nH+]c1-n1c(C)cc(/C=C\c2ccc3cc(N(C)C)ccc3[n+]2C)c1C. The average molecular weight is 797 g/mol. The molecule has 8 rings (SSSR count). The van der Waals surface area contributed by atoms with Gasteiger partial charge in [0, 0.05) is 109 Å². The molecule has 0 saturated carbocycles. The van der Waals surface area contributed by atoms with Crippen molar-refractivity contribution >= 4 is 57.5 Å². The molecular formula is C52H60N8+4. The average Bonchev–Trinajstić information content (AvgIpc) is 3.68. The standard InChI is InChI=1S/2C26H29N4/c2*1-18-8-7-15-27-26(18)30-19(2)16-21(20(30)3)9-11-23-12-10-22-17-24(28(4)5)13-14-25(22)29(23)6/h2*7-17H,1-6H3/q2*+1/p+2. The van der Waals surface area contributed by atoms with Gasteiger partial charge in [0.2, 0.25) is 22.4 Å². The molecular weight excluding hydrogens is 737 g/mol. The lowest BCUT2D eigenvalue weighted by Crippen LogP contribution is -2.32. The van der Waals surface area contributed by atoms with Crippen molar-refractivity contribution in [3.63, 3.8) is 0 Å². The van der Waals surface area contributed by atoms with Crippen LogP contribution in [0.3, 0.4) is 0 Å². The molecule has 0 aliphatic carbocycles. The largest absolute Gasteiger partial charge is 0.378 e. The fourth-order valence-electron chi connectivity index (χ4n) is 8.16. The fraction of sp³-hybridized carbons (Fsp3) is 0.231. The number of fused-ring (bicyclic) bond motifs is 2. The van der Waals surface area contributed by atoms with Crippen LogP contribution < -0.4 is 28.9 Å². The van der Waals surface area contributed by atoms with Gasteiger partial charge < -0.3 is 9.80 Å². The minimum absolute atomic E-state index is 1.13. The Balaban J connectivity index is 0.000000181. The number of aromatic nitrogens is 6. The van der Waals surface area contributed by atoms with E-state index in [4.69, 9.17) is 0 Å². The first kappa shape index (κ1) is 41.4. The smallest absolute Gasteiger partial charge is 0.287 e. The monoisotopic (exact) mass is 796 g/mol. The normalized spacial score (nSPS) is 11.5. The predicted molar refractivity (Wildman–Crippen MR) is 250 cm³/mol. The number of anilines is 2. The van der Waals surface area contributed by atoms with Gasteiger partial charge in [0.05, 0.1) is 12.4 Å². The molecule has 2 aromatic carbocycles. The summed E-state index contributed by atoms with van der Waals surface area (Å²) in [5, 5.41) is 2.49. The molecule has 0 fully saturated rings. The van der Waals surface area contributed by atoms with E-state index in [1.54, 1.807) is 0 Å². The van der Waals surface area contributed by atoms with Crippen LogP contribution in [0.4, 0.5) is 11.4 Å². The number of hydrogen-bond donors (Lipinski definition) is 0. The lowest BCUT2D eigenvalue weighted by atomic mass is 10.1. The Morgan fingerprint density at radius 1 is 0.483 bits per heavy atom. The van der Waals surface area contributed by atoms with Crippen LogP contribution in [-0.2, 0) is 14.1 Å². The Kier molecular flexibility index (Phi) is 11.9. The maximum absolute atomic E-state index is 3.39. The Morgan fingerprint density at radius 3 is 1.25 bits per heavy atom. The molecule has 0 atom stereocenters. The molecule has 0 aliphatic heterocycles. The summed E-state index contributed by atoms with van der Waals surface area (Å²) in [5.41, 5.74) is 17.0. The van der Waals surface area contributed by atoms with E-state index in [1.807, 2.05) is 24.5 Å². The number of H-pyrrole nitrogens is 2. The van der Waals surface area contributed by atoms with E-state index in [9.17, 15) is 0 Å². The number of nitrogens with one attached hydrogen (secondary N) is 2. The van der Waals surface area contributed by atoms with Crippen LogP contribution >= 0.6 is 0 Å². The Bertz CT molecular complexity index is 2720. The fourth-order valence-corrected chi connectivity index (χ4v) is 8.16. The molecule has 0 unspecified atom stereocenters. The van der Waals surface area contributed by atoms with E-state index < -0.39 is 0 Å². The Labute approximate surface area is 355 Å². The molecule has 0 amide bonds. The summed E-state index contributed by atoms with van der Waals surface area (Å²) in [6, 6.07) is 34.8. The maximum atomic E-state index is 3.39. The van der Waals surface area contributed by atoms with E-state index >= 15 is 0 Å². The minimum atomic E-state index is 1.13. The predicted octanol–water partition coefficient (Wildman–Crippen LogP) is 8.86. The number of aromatic amines is 2. The third-order valence-corrected chi connectivity index (χ3v) is 11.7. The van der Waals surface area contributed by atoms with E-state index in [2.05, 4.69) is 231 Å². The van der Waals surface area contributed by atoms with Crippen LogP contribution in [0.5, 0.6) is 0 Å². The number of pyridine rings is 4. The highest BCUT2D eigenvalue weighted by atomic mass is 15.1. The number of rotatable bonds is 8. The molecule has 8 heteroatoms. The van der Waals surface area contributed by atoms with Crippen LogP contribution in [0.2, 0.25) is 0 Å². The molecule has 0 bridgehead atoms. The Hall–Kier alpha value is -6.80. The first-order valence-corrected chi connectivity index (χ1v) is 20.6. The molecule has 6 aromatic heterocycles. The third-order valence-electron chi connectivity index (χ3n) is 11.7. The molecule has 0 saturated heterocycles. The van der Waals surface area contributed by atoms with E-state index in [1.165, 1.54) is 89.6 Å². The van der Waals surface area contributed by atoms with Crippen molar-refractivity contribution in [2.24, 2.45) is 14.1 Å². The van der Waals surface area contributed by atoms with Gasteiger partial charge in [0.1, 0.15) is 36.9 Å². The number of aryl methyl sites for hydroxylation is 6. The van der Waals surface area contributed by atoms with Crippen molar-refractivity contribution in [2.45, 2.75) is 41.5 Å². The van der Waals surface area contributed by atoms with Crippen LogP contribution in [0, 0.1) is 41.5 Å². The van der Waals surface area contributed by atoms with Gasteiger partial charge in [-0.2, -0.15) is 9.13 Å². The van der Waals surface area contributed by atoms with Crippen LogP contribution in [0.15, 0.2) is 109 Å². The second-order valence-corrected chi connectivity index (χ2v) is 16.3. The van der Waals surface area contributed by atoms with Crippen molar-refractivity contribution < 1.29 is 19.1 Å². The maximum Gasteiger partial charge on any atom is 0.287 e. The lowest BCUT2D eigenvalue weighted by molar-refractivity contribution is -0.646. The molecule has 0 radical (unpaired) electrons. The Morgan fingerprint density at radius 2 is 0.883 bits per heavy atom. The van der Waals surface area contributed by atoms with Gasteiger partial charge in [-0.1, -0.05) is 0 Å². The molecule has 8 nitrogen and oxygen atoms in total. The quantitative estimate of drug-likeness (QED) is 0.144. The van der Waals surface area contributed by atoms with Gasteiger partial charge in [0.15, 0.2) is 0 Å². The van der Waals surface area contributed by atoms with Crippen molar-refractivity contribution in [1.29, 1.82) is 0 Å². The molecule has 304 valence electrons.